The zero-order valence-electron chi connectivity index (χ0n) is 10.6. The van der Waals surface area contributed by atoms with Crippen LogP contribution in [0.4, 0.5) is 0 Å². The van der Waals surface area contributed by atoms with Crippen molar-refractivity contribution in [2.75, 3.05) is 6.61 Å². The molecule has 0 aliphatic heterocycles. The zero-order valence-corrected chi connectivity index (χ0v) is 10.6. The van der Waals surface area contributed by atoms with Gasteiger partial charge >= 0.3 is 5.97 Å². The van der Waals surface area contributed by atoms with Gasteiger partial charge in [-0.25, -0.2) is 0 Å². The van der Waals surface area contributed by atoms with Crippen molar-refractivity contribution < 1.29 is 19.7 Å². The third-order valence-electron chi connectivity index (χ3n) is 2.36. The molecule has 0 aliphatic rings. The van der Waals surface area contributed by atoms with Crippen molar-refractivity contribution in [3.05, 3.63) is 29.8 Å². The highest BCUT2D eigenvalue weighted by molar-refractivity contribution is 5.73. The molecule has 0 heterocycles. The van der Waals surface area contributed by atoms with E-state index in [1.165, 1.54) is 0 Å². The summed E-state index contributed by atoms with van der Waals surface area (Å²) in [6, 6.07) is 6.23. The summed E-state index contributed by atoms with van der Waals surface area (Å²) in [5, 5.41) is 20.8. The Kier molecular flexibility index (Phi) is 5.61. The van der Waals surface area contributed by atoms with Crippen LogP contribution < -0.4 is 10.1 Å². The lowest BCUT2D eigenvalue weighted by atomic mass is 10.2. The molecule has 1 unspecified atom stereocenters. The number of nitrogens with one attached hydrogen (secondary N) is 1. The molecular formula is C13H19NO4. The average molecular weight is 253 g/mol. The second-order valence-electron chi connectivity index (χ2n) is 4.33. The molecule has 0 fully saturated rings. The van der Waals surface area contributed by atoms with Gasteiger partial charge in [-0.3, -0.25) is 10.1 Å². The van der Waals surface area contributed by atoms with Crippen molar-refractivity contribution in [2.24, 2.45) is 0 Å². The predicted molar refractivity (Wildman–Crippen MR) is 67.6 cm³/mol. The van der Waals surface area contributed by atoms with Gasteiger partial charge in [0.05, 0.1) is 6.61 Å². The van der Waals surface area contributed by atoms with Gasteiger partial charge in [0.1, 0.15) is 18.4 Å². The molecule has 0 aromatic heterocycles. The van der Waals surface area contributed by atoms with E-state index in [1.54, 1.807) is 24.3 Å². The number of benzene rings is 1. The average Bonchev–Trinajstić information content (AvgIpc) is 2.34. The number of carboxylic acids is 1. The van der Waals surface area contributed by atoms with Gasteiger partial charge in [-0.2, -0.15) is 0 Å². The molecule has 0 bridgehead atoms. The first kappa shape index (κ1) is 14.5. The fourth-order valence-electron chi connectivity index (χ4n) is 1.46. The molecular weight excluding hydrogens is 234 g/mol. The van der Waals surface area contributed by atoms with Crippen LogP contribution in [-0.2, 0) is 11.4 Å². The first-order chi connectivity index (χ1) is 8.52. The van der Waals surface area contributed by atoms with Crippen molar-refractivity contribution in [1.29, 1.82) is 0 Å². The molecule has 0 saturated carbocycles. The van der Waals surface area contributed by atoms with Gasteiger partial charge in [0, 0.05) is 6.04 Å². The largest absolute Gasteiger partial charge is 0.491 e. The van der Waals surface area contributed by atoms with Gasteiger partial charge in [-0.15, -0.1) is 0 Å². The minimum Gasteiger partial charge on any atom is -0.491 e. The normalized spacial score (nSPS) is 12.4. The Hall–Kier alpha value is -1.59. The molecule has 3 N–H and O–H groups in total. The number of hydrogen-bond donors (Lipinski definition) is 3. The number of aliphatic carboxylic acids is 1. The highest BCUT2D eigenvalue weighted by atomic mass is 16.5. The fraction of sp³-hybridized carbons (Fsp3) is 0.462. The lowest BCUT2D eigenvalue weighted by molar-refractivity contribution is -0.140. The van der Waals surface area contributed by atoms with Crippen LogP contribution in [0.5, 0.6) is 5.75 Å². The highest BCUT2D eigenvalue weighted by Gasteiger charge is 2.18. The fourth-order valence-corrected chi connectivity index (χ4v) is 1.46. The van der Waals surface area contributed by atoms with E-state index in [9.17, 15) is 4.79 Å². The van der Waals surface area contributed by atoms with Crippen LogP contribution in [0.3, 0.4) is 0 Å². The Morgan fingerprint density at radius 1 is 1.33 bits per heavy atom. The predicted octanol–water partition coefficient (Wildman–Crippen LogP) is 1.01. The van der Waals surface area contributed by atoms with E-state index in [2.05, 4.69) is 5.32 Å². The molecule has 100 valence electrons. The number of rotatable bonds is 7. The van der Waals surface area contributed by atoms with E-state index in [0.717, 1.165) is 5.56 Å². The Bertz CT molecular complexity index is 375. The molecule has 0 radical (unpaired) electrons. The van der Waals surface area contributed by atoms with Crippen LogP contribution in [0.15, 0.2) is 24.3 Å². The molecule has 5 heteroatoms. The first-order valence-corrected chi connectivity index (χ1v) is 5.84. The van der Waals surface area contributed by atoms with E-state index >= 15 is 0 Å². The van der Waals surface area contributed by atoms with E-state index < -0.39 is 12.0 Å². The third kappa shape index (κ3) is 4.73. The van der Waals surface area contributed by atoms with Crippen LogP contribution in [0, 0.1) is 0 Å². The zero-order chi connectivity index (χ0) is 13.5. The second kappa shape index (κ2) is 6.98. The number of aliphatic hydroxyl groups excluding tert-OH is 1. The first-order valence-electron chi connectivity index (χ1n) is 5.84. The Morgan fingerprint density at radius 3 is 2.39 bits per heavy atom. The number of carbonyl (C=O) groups is 1. The lowest BCUT2D eigenvalue weighted by Gasteiger charge is -2.17. The monoisotopic (exact) mass is 253 g/mol. The van der Waals surface area contributed by atoms with Crippen molar-refractivity contribution >= 4 is 5.97 Å². The van der Waals surface area contributed by atoms with E-state index in [4.69, 9.17) is 14.9 Å². The van der Waals surface area contributed by atoms with Crippen LogP contribution >= 0.6 is 0 Å². The smallest absolute Gasteiger partial charge is 0.324 e. The van der Waals surface area contributed by atoms with Crippen LogP contribution in [0.2, 0.25) is 0 Å². The lowest BCUT2D eigenvalue weighted by Crippen LogP contribution is -2.44. The topological polar surface area (TPSA) is 78.8 Å². The van der Waals surface area contributed by atoms with Gasteiger partial charge < -0.3 is 14.9 Å². The quantitative estimate of drug-likeness (QED) is 0.676. The highest BCUT2D eigenvalue weighted by Crippen LogP contribution is 2.12. The van der Waals surface area contributed by atoms with E-state index in [1.807, 2.05) is 13.8 Å². The van der Waals surface area contributed by atoms with Crippen LogP contribution in [-0.4, -0.2) is 34.9 Å². The Morgan fingerprint density at radius 2 is 1.94 bits per heavy atom. The molecule has 1 rings (SSSR count). The van der Waals surface area contributed by atoms with Crippen LogP contribution in [0.1, 0.15) is 19.4 Å². The maximum atomic E-state index is 11.0. The summed E-state index contributed by atoms with van der Waals surface area (Å²) in [6.07, 6.45) is 0. The number of hydrogen-bond acceptors (Lipinski definition) is 4. The van der Waals surface area contributed by atoms with E-state index in [0.29, 0.717) is 5.75 Å². The molecule has 0 amide bonds. The molecule has 5 nitrogen and oxygen atoms in total. The summed E-state index contributed by atoms with van der Waals surface area (Å²) in [4.78, 5) is 11.0. The Balaban J connectivity index is 2.52. The van der Waals surface area contributed by atoms with Gasteiger partial charge in [-0.05, 0) is 17.7 Å². The summed E-state index contributed by atoms with van der Waals surface area (Å²) in [6.45, 7) is 3.80. The van der Waals surface area contributed by atoms with Gasteiger partial charge in [0.25, 0.3) is 0 Å². The maximum absolute atomic E-state index is 11.0. The van der Waals surface area contributed by atoms with Crippen LogP contribution in [0.25, 0.3) is 0 Å². The summed E-state index contributed by atoms with van der Waals surface area (Å²) in [5.41, 5.74) is 0.789. The van der Waals surface area contributed by atoms with Crippen molar-refractivity contribution in [1.82, 2.24) is 5.32 Å². The number of aliphatic hydroxyl groups is 1. The minimum absolute atomic E-state index is 0.0209. The molecule has 0 saturated heterocycles. The third-order valence-corrected chi connectivity index (χ3v) is 2.36. The van der Waals surface area contributed by atoms with Gasteiger partial charge in [0.2, 0.25) is 0 Å². The van der Waals surface area contributed by atoms with Crippen molar-refractivity contribution in [3.63, 3.8) is 0 Å². The summed E-state index contributed by atoms with van der Waals surface area (Å²) in [5.74, 6) is -0.348. The van der Waals surface area contributed by atoms with Gasteiger partial charge in [0.15, 0.2) is 0 Å². The summed E-state index contributed by atoms with van der Waals surface area (Å²) in [7, 11) is 0. The number of carboxylic acid groups (broad SMARTS) is 1. The maximum Gasteiger partial charge on any atom is 0.324 e. The standard InChI is InChI=1S/C13H19NO4/c1-9(2)14-12(13(16)17)8-18-11-5-3-10(7-15)4-6-11/h3-6,9,12,14-15H,7-8H2,1-2H3,(H,16,17). The minimum atomic E-state index is -0.935. The SMILES string of the molecule is CC(C)NC(COc1ccc(CO)cc1)C(=O)O. The summed E-state index contributed by atoms with van der Waals surface area (Å²) < 4.78 is 5.40. The van der Waals surface area contributed by atoms with Crippen molar-refractivity contribution in [3.8, 4) is 5.75 Å². The molecule has 1 aromatic carbocycles. The van der Waals surface area contributed by atoms with Gasteiger partial charge in [-0.1, -0.05) is 26.0 Å². The van der Waals surface area contributed by atoms with E-state index in [-0.39, 0.29) is 19.3 Å². The molecule has 1 aromatic rings. The molecule has 18 heavy (non-hydrogen) atoms. The second-order valence-corrected chi connectivity index (χ2v) is 4.33. The number of ether oxygens (including phenoxy) is 1. The Labute approximate surface area is 106 Å². The molecule has 1 atom stereocenters. The molecule has 0 spiro atoms. The van der Waals surface area contributed by atoms with Crippen molar-refractivity contribution in [2.45, 2.75) is 32.5 Å². The summed E-state index contributed by atoms with van der Waals surface area (Å²) >= 11 is 0. The molecule has 0 aliphatic carbocycles.